The second-order valence-electron chi connectivity index (χ2n) is 8.12. The molecule has 2 aliphatic heterocycles. The molecule has 2 heterocycles. The number of hydrogen-bond acceptors (Lipinski definition) is 4. The summed E-state index contributed by atoms with van der Waals surface area (Å²) in [7, 11) is 1.62. The molecule has 1 N–H and O–H groups in total. The van der Waals surface area contributed by atoms with Gasteiger partial charge in [0.05, 0.1) is 19.6 Å². The highest BCUT2D eigenvalue weighted by Crippen LogP contribution is 2.43. The van der Waals surface area contributed by atoms with Gasteiger partial charge in [-0.3, -0.25) is 4.90 Å². The van der Waals surface area contributed by atoms with Crippen LogP contribution < -0.4 is 10.1 Å². The predicted molar refractivity (Wildman–Crippen MR) is 124 cm³/mol. The van der Waals surface area contributed by atoms with Crippen molar-refractivity contribution in [1.29, 1.82) is 5.26 Å². The summed E-state index contributed by atoms with van der Waals surface area (Å²) in [6.45, 7) is 2.38. The molecule has 0 aliphatic carbocycles. The molecule has 0 radical (unpaired) electrons. The number of anilines is 1. The van der Waals surface area contributed by atoms with E-state index in [0.717, 1.165) is 41.8 Å². The maximum absolute atomic E-state index is 13.1. The summed E-state index contributed by atoms with van der Waals surface area (Å²) in [4.78, 5) is 17.4. The number of carbonyl (C=O) groups is 1. The van der Waals surface area contributed by atoms with Gasteiger partial charge >= 0.3 is 6.03 Å². The summed E-state index contributed by atoms with van der Waals surface area (Å²) in [5.74, 6) is 1.01. The van der Waals surface area contributed by atoms with Crippen molar-refractivity contribution in [3.8, 4) is 11.8 Å². The zero-order valence-electron chi connectivity index (χ0n) is 17.6. The van der Waals surface area contributed by atoms with Gasteiger partial charge in [0.15, 0.2) is 0 Å². The van der Waals surface area contributed by atoms with Crippen molar-refractivity contribution in [1.82, 2.24) is 9.80 Å². The standard InChI is InChI=1S/C24H27BrN4O2/c1-31-20-10-8-19(9-11-20)27-24(30)28-14-2-3-15-29-21(12-13-26)23(22(29)16-28)17-4-6-18(25)7-5-17/h4-11,21-23H,2-3,12,14-16H2,1H3,(H,27,30)/t21-,22+,23+/m1/s1. The molecule has 0 spiro atoms. The van der Waals surface area contributed by atoms with Crippen LogP contribution in [0.5, 0.6) is 5.75 Å². The monoisotopic (exact) mass is 482 g/mol. The SMILES string of the molecule is COc1ccc(NC(=O)N2CCCCN3[C@H](CC#N)[C@H](c4ccc(Br)cc4)[C@@H]3C2)cc1. The summed E-state index contributed by atoms with van der Waals surface area (Å²) in [6, 6.07) is 18.5. The summed E-state index contributed by atoms with van der Waals surface area (Å²) < 4.78 is 6.23. The number of fused-ring (bicyclic) bond motifs is 1. The molecule has 0 aromatic heterocycles. The second-order valence-corrected chi connectivity index (χ2v) is 9.04. The zero-order chi connectivity index (χ0) is 21.8. The second kappa shape index (κ2) is 9.71. The van der Waals surface area contributed by atoms with Gasteiger partial charge in [0.1, 0.15) is 5.75 Å². The number of benzene rings is 2. The van der Waals surface area contributed by atoms with E-state index in [9.17, 15) is 10.1 Å². The van der Waals surface area contributed by atoms with Crippen LogP contribution in [-0.2, 0) is 0 Å². The highest BCUT2D eigenvalue weighted by molar-refractivity contribution is 9.10. The van der Waals surface area contributed by atoms with Crippen LogP contribution in [0.25, 0.3) is 0 Å². The van der Waals surface area contributed by atoms with Gasteiger partial charge in [0.25, 0.3) is 0 Å². The number of rotatable bonds is 4. The molecule has 31 heavy (non-hydrogen) atoms. The summed E-state index contributed by atoms with van der Waals surface area (Å²) in [5.41, 5.74) is 1.99. The summed E-state index contributed by atoms with van der Waals surface area (Å²) in [6.07, 6.45) is 2.49. The van der Waals surface area contributed by atoms with Crippen LogP contribution in [0.2, 0.25) is 0 Å². The molecule has 0 bridgehead atoms. The fraction of sp³-hybridized carbons (Fsp3) is 0.417. The van der Waals surface area contributed by atoms with Crippen molar-refractivity contribution in [2.45, 2.75) is 37.3 Å². The molecule has 0 saturated carbocycles. The largest absolute Gasteiger partial charge is 0.497 e. The lowest BCUT2D eigenvalue weighted by atomic mass is 9.73. The van der Waals surface area contributed by atoms with Gasteiger partial charge in [-0.15, -0.1) is 0 Å². The number of methoxy groups -OCH3 is 1. The lowest BCUT2D eigenvalue weighted by Crippen LogP contribution is -2.66. The molecule has 7 heteroatoms. The Kier molecular flexibility index (Phi) is 6.79. The Morgan fingerprint density at radius 2 is 1.87 bits per heavy atom. The fourth-order valence-corrected chi connectivity index (χ4v) is 5.07. The topological polar surface area (TPSA) is 68.6 Å². The third-order valence-electron chi connectivity index (χ3n) is 6.37. The molecule has 2 fully saturated rings. The number of nitriles is 1. The average Bonchev–Trinajstić information content (AvgIpc) is 2.76. The molecule has 4 rings (SSSR count). The van der Waals surface area contributed by atoms with E-state index in [2.05, 4.69) is 56.5 Å². The van der Waals surface area contributed by atoms with E-state index in [0.29, 0.717) is 13.0 Å². The Morgan fingerprint density at radius 1 is 1.16 bits per heavy atom. The smallest absolute Gasteiger partial charge is 0.321 e. The minimum atomic E-state index is -0.0784. The van der Waals surface area contributed by atoms with Crippen molar-refractivity contribution in [3.63, 3.8) is 0 Å². The van der Waals surface area contributed by atoms with E-state index in [1.54, 1.807) is 7.11 Å². The molecule has 3 atom stereocenters. The third kappa shape index (κ3) is 4.70. The number of amides is 2. The highest BCUT2D eigenvalue weighted by Gasteiger charge is 2.49. The van der Waals surface area contributed by atoms with Gasteiger partial charge in [0, 0.05) is 41.3 Å². The Bertz CT molecular complexity index is 942. The first-order valence-electron chi connectivity index (χ1n) is 10.7. The molecule has 2 amide bonds. The fourth-order valence-electron chi connectivity index (χ4n) is 4.81. The zero-order valence-corrected chi connectivity index (χ0v) is 19.2. The van der Waals surface area contributed by atoms with Gasteiger partial charge in [-0.25, -0.2) is 4.79 Å². The lowest BCUT2D eigenvalue weighted by Gasteiger charge is -2.57. The van der Waals surface area contributed by atoms with Crippen LogP contribution in [0.15, 0.2) is 53.0 Å². The number of hydrogen-bond donors (Lipinski definition) is 1. The molecule has 162 valence electrons. The van der Waals surface area contributed by atoms with Crippen LogP contribution >= 0.6 is 15.9 Å². The number of nitrogens with one attached hydrogen (secondary N) is 1. The average molecular weight is 483 g/mol. The van der Waals surface area contributed by atoms with E-state index >= 15 is 0 Å². The first kappa shape index (κ1) is 21.7. The van der Waals surface area contributed by atoms with E-state index < -0.39 is 0 Å². The van der Waals surface area contributed by atoms with Crippen molar-refractivity contribution >= 4 is 27.6 Å². The molecular formula is C24H27BrN4O2. The summed E-state index contributed by atoms with van der Waals surface area (Å²) in [5, 5.41) is 12.4. The molecule has 2 aromatic carbocycles. The van der Waals surface area contributed by atoms with Crippen molar-refractivity contribution < 1.29 is 9.53 Å². The molecule has 2 saturated heterocycles. The Morgan fingerprint density at radius 3 is 2.55 bits per heavy atom. The first-order chi connectivity index (χ1) is 15.1. The molecule has 2 aliphatic rings. The van der Waals surface area contributed by atoms with Crippen LogP contribution in [0.1, 0.15) is 30.7 Å². The predicted octanol–water partition coefficient (Wildman–Crippen LogP) is 4.84. The Labute approximate surface area is 191 Å². The van der Waals surface area contributed by atoms with E-state index in [4.69, 9.17) is 4.74 Å². The number of carbonyl (C=O) groups excluding carboxylic acids is 1. The quantitative estimate of drug-likeness (QED) is 0.676. The van der Waals surface area contributed by atoms with E-state index in [1.807, 2.05) is 29.2 Å². The lowest BCUT2D eigenvalue weighted by molar-refractivity contribution is -0.0328. The van der Waals surface area contributed by atoms with Gasteiger partial charge < -0.3 is 15.0 Å². The maximum atomic E-state index is 13.1. The van der Waals surface area contributed by atoms with Crippen LogP contribution in [0.3, 0.4) is 0 Å². The minimum absolute atomic E-state index is 0.0784. The van der Waals surface area contributed by atoms with Crippen molar-refractivity contribution in [2.24, 2.45) is 0 Å². The summed E-state index contributed by atoms with van der Waals surface area (Å²) >= 11 is 3.51. The number of nitrogens with zero attached hydrogens (tertiary/aromatic N) is 3. The van der Waals surface area contributed by atoms with Crippen LogP contribution in [0, 0.1) is 11.3 Å². The minimum Gasteiger partial charge on any atom is -0.497 e. The normalized spacial score (nSPS) is 23.5. The third-order valence-corrected chi connectivity index (χ3v) is 6.90. The number of halogens is 1. The van der Waals surface area contributed by atoms with Crippen molar-refractivity contribution in [2.75, 3.05) is 32.1 Å². The van der Waals surface area contributed by atoms with Gasteiger partial charge in [-0.2, -0.15) is 5.26 Å². The number of urea groups is 1. The van der Waals surface area contributed by atoms with E-state index in [-0.39, 0.29) is 24.0 Å². The van der Waals surface area contributed by atoms with Crippen molar-refractivity contribution in [3.05, 3.63) is 58.6 Å². The maximum Gasteiger partial charge on any atom is 0.321 e. The van der Waals surface area contributed by atoms with Crippen LogP contribution in [-0.4, -0.2) is 54.7 Å². The Balaban J connectivity index is 1.51. The van der Waals surface area contributed by atoms with Gasteiger partial charge in [0.2, 0.25) is 0 Å². The Hall–Kier alpha value is -2.56. The first-order valence-corrected chi connectivity index (χ1v) is 11.5. The van der Waals surface area contributed by atoms with E-state index in [1.165, 1.54) is 5.56 Å². The molecular weight excluding hydrogens is 456 g/mol. The molecule has 0 unspecified atom stereocenters. The van der Waals surface area contributed by atoms with Crippen LogP contribution in [0.4, 0.5) is 10.5 Å². The molecule has 6 nitrogen and oxygen atoms in total. The van der Waals surface area contributed by atoms with Gasteiger partial charge in [-0.1, -0.05) is 28.1 Å². The van der Waals surface area contributed by atoms with Gasteiger partial charge in [-0.05, 0) is 61.3 Å². The molecule has 2 aromatic rings. The highest BCUT2D eigenvalue weighted by atomic mass is 79.9. The number of ether oxygens (including phenoxy) is 1.